The van der Waals surface area contributed by atoms with Gasteiger partial charge in [0, 0.05) is 23.3 Å². The molecule has 0 amide bonds. The van der Waals surface area contributed by atoms with Gasteiger partial charge in [-0.2, -0.15) is 0 Å². The molecule has 0 unspecified atom stereocenters. The summed E-state index contributed by atoms with van der Waals surface area (Å²) in [5, 5.41) is 0. The monoisotopic (exact) mass is 222 g/mol. The van der Waals surface area contributed by atoms with Crippen LogP contribution < -0.4 is 0 Å². The summed E-state index contributed by atoms with van der Waals surface area (Å²) in [7, 11) is 0. The highest BCUT2D eigenvalue weighted by Crippen LogP contribution is 2.41. The van der Waals surface area contributed by atoms with Gasteiger partial charge in [0.05, 0.1) is 0 Å². The molecular weight excluding hydrogens is 196 g/mol. The normalized spacial score (nSPS) is 14.2. The Morgan fingerprint density at radius 2 is 1.44 bits per heavy atom. The van der Waals surface area contributed by atoms with Gasteiger partial charge < -0.3 is 4.57 Å². The summed E-state index contributed by atoms with van der Waals surface area (Å²) in [4.78, 5) is 4.58. The maximum Gasteiger partial charge on any atom is 0.115 e. The number of aromatic nitrogens is 2. The summed E-state index contributed by atoms with van der Waals surface area (Å²) >= 11 is 0. The van der Waals surface area contributed by atoms with Crippen molar-refractivity contribution in [2.45, 2.75) is 66.3 Å². The van der Waals surface area contributed by atoms with Crippen molar-refractivity contribution in [3.63, 3.8) is 0 Å². The van der Waals surface area contributed by atoms with Gasteiger partial charge >= 0.3 is 0 Å². The predicted octanol–water partition coefficient (Wildman–Crippen LogP) is 3.96. The fourth-order valence-corrected chi connectivity index (χ4v) is 1.64. The van der Waals surface area contributed by atoms with Gasteiger partial charge in [0.2, 0.25) is 0 Å². The Morgan fingerprint density at radius 3 is 1.81 bits per heavy atom. The predicted molar refractivity (Wildman–Crippen MR) is 69.7 cm³/mol. The minimum absolute atomic E-state index is 0.0593. The highest BCUT2D eigenvalue weighted by molar-refractivity contribution is 5.13. The topological polar surface area (TPSA) is 17.8 Å². The lowest BCUT2D eigenvalue weighted by atomic mass is 9.68. The van der Waals surface area contributed by atoms with Crippen molar-refractivity contribution in [2.24, 2.45) is 5.41 Å². The van der Waals surface area contributed by atoms with Crippen molar-refractivity contribution in [3.8, 4) is 0 Å². The maximum atomic E-state index is 4.58. The van der Waals surface area contributed by atoms with Crippen molar-refractivity contribution >= 4 is 0 Å². The molecule has 0 bridgehead atoms. The minimum Gasteiger partial charge on any atom is -0.329 e. The summed E-state index contributed by atoms with van der Waals surface area (Å²) < 4.78 is 2.29. The number of hydrogen-bond acceptors (Lipinski definition) is 1. The Bertz CT molecular complexity index is 359. The van der Waals surface area contributed by atoms with E-state index in [4.69, 9.17) is 0 Å². The van der Waals surface area contributed by atoms with Crippen LogP contribution in [0.25, 0.3) is 0 Å². The van der Waals surface area contributed by atoms with Gasteiger partial charge in [0.15, 0.2) is 0 Å². The van der Waals surface area contributed by atoms with Crippen LogP contribution in [0.5, 0.6) is 0 Å². The van der Waals surface area contributed by atoms with Crippen molar-refractivity contribution in [2.75, 3.05) is 0 Å². The summed E-state index contributed by atoms with van der Waals surface area (Å²) in [5.41, 5.74) is 0.347. The first-order valence-electron chi connectivity index (χ1n) is 6.02. The number of rotatable bonds is 1. The van der Waals surface area contributed by atoms with E-state index in [-0.39, 0.29) is 16.4 Å². The summed E-state index contributed by atoms with van der Waals surface area (Å²) in [6.45, 7) is 18.0. The van der Waals surface area contributed by atoms with Crippen molar-refractivity contribution < 1.29 is 0 Å². The van der Waals surface area contributed by atoms with Crippen LogP contribution >= 0.6 is 0 Å². The van der Waals surface area contributed by atoms with Gasteiger partial charge in [-0.25, -0.2) is 4.98 Å². The largest absolute Gasteiger partial charge is 0.329 e. The van der Waals surface area contributed by atoms with E-state index in [1.54, 1.807) is 0 Å². The molecule has 1 heterocycles. The molecule has 0 radical (unpaired) electrons. The smallest absolute Gasteiger partial charge is 0.115 e. The summed E-state index contributed by atoms with van der Waals surface area (Å²) in [5.74, 6) is 1.17. The molecule has 2 heteroatoms. The van der Waals surface area contributed by atoms with E-state index in [9.17, 15) is 0 Å². The molecular formula is C14H26N2. The van der Waals surface area contributed by atoms with Crippen molar-refractivity contribution in [1.82, 2.24) is 9.55 Å². The Labute approximate surface area is 100 Å². The zero-order valence-electron chi connectivity index (χ0n) is 12.0. The van der Waals surface area contributed by atoms with Crippen LogP contribution in [0.15, 0.2) is 12.4 Å². The van der Waals surface area contributed by atoms with Crippen molar-refractivity contribution in [1.29, 1.82) is 0 Å². The Balaban J connectivity index is 3.31. The second-order valence-corrected chi connectivity index (χ2v) is 7.17. The highest BCUT2D eigenvalue weighted by atomic mass is 15.1. The van der Waals surface area contributed by atoms with Gasteiger partial charge in [-0.3, -0.25) is 0 Å². The van der Waals surface area contributed by atoms with Crippen molar-refractivity contribution in [3.05, 3.63) is 18.2 Å². The van der Waals surface area contributed by atoms with Gasteiger partial charge in [-0.05, 0) is 26.2 Å². The Morgan fingerprint density at radius 1 is 0.938 bits per heavy atom. The quantitative estimate of drug-likeness (QED) is 0.703. The van der Waals surface area contributed by atoms with Gasteiger partial charge in [-0.15, -0.1) is 0 Å². The average Bonchev–Trinajstić information content (AvgIpc) is 2.47. The average molecular weight is 222 g/mol. The molecule has 16 heavy (non-hydrogen) atoms. The number of hydrogen-bond donors (Lipinski definition) is 0. The minimum atomic E-state index is 0.0593. The lowest BCUT2D eigenvalue weighted by Crippen LogP contribution is -2.39. The van der Waals surface area contributed by atoms with E-state index < -0.39 is 0 Å². The molecule has 0 N–H and O–H groups in total. The Hall–Kier alpha value is -0.790. The number of imidazole rings is 1. The van der Waals surface area contributed by atoms with Gasteiger partial charge in [0.25, 0.3) is 0 Å². The third-order valence-electron chi connectivity index (χ3n) is 3.80. The van der Waals surface area contributed by atoms with Crippen LogP contribution in [0, 0.1) is 5.41 Å². The van der Waals surface area contributed by atoms with E-state index in [1.165, 1.54) is 5.82 Å². The molecule has 0 saturated carbocycles. The maximum absolute atomic E-state index is 4.58. The zero-order valence-corrected chi connectivity index (χ0v) is 12.0. The van der Waals surface area contributed by atoms with Crippen LogP contribution in [0.2, 0.25) is 0 Å². The molecule has 0 spiro atoms. The standard InChI is InChI=1S/C14H26N2/c1-12(2,3)14(7,8)11-15-9-10-16(11)13(4,5)6/h9-10H,1-8H3. The summed E-state index contributed by atoms with van der Waals surface area (Å²) in [6, 6.07) is 0. The van der Waals surface area contributed by atoms with E-state index in [1.807, 2.05) is 6.20 Å². The van der Waals surface area contributed by atoms with E-state index in [0.29, 0.717) is 0 Å². The van der Waals surface area contributed by atoms with Crippen LogP contribution in [0.3, 0.4) is 0 Å². The second kappa shape index (κ2) is 3.61. The third kappa shape index (κ3) is 2.16. The molecule has 0 aliphatic carbocycles. The van der Waals surface area contributed by atoms with E-state index >= 15 is 0 Å². The molecule has 92 valence electrons. The van der Waals surface area contributed by atoms with E-state index in [2.05, 4.69) is 71.1 Å². The fourth-order valence-electron chi connectivity index (χ4n) is 1.64. The molecule has 1 aromatic rings. The molecule has 1 aromatic heterocycles. The first-order chi connectivity index (χ1) is 6.98. The molecule has 0 aliphatic heterocycles. The first kappa shape index (κ1) is 13.3. The second-order valence-electron chi connectivity index (χ2n) is 7.17. The van der Waals surface area contributed by atoms with Crippen LogP contribution in [-0.4, -0.2) is 9.55 Å². The Kier molecular flexibility index (Phi) is 3.00. The van der Waals surface area contributed by atoms with Gasteiger partial charge in [0.1, 0.15) is 5.82 Å². The first-order valence-corrected chi connectivity index (χ1v) is 6.02. The van der Waals surface area contributed by atoms with Crippen LogP contribution in [0.1, 0.15) is 61.2 Å². The summed E-state index contributed by atoms with van der Waals surface area (Å²) in [6.07, 6.45) is 4.00. The fraction of sp³-hybridized carbons (Fsp3) is 0.786. The molecule has 0 saturated heterocycles. The molecule has 0 atom stereocenters. The lowest BCUT2D eigenvalue weighted by Gasteiger charge is -2.40. The van der Waals surface area contributed by atoms with Crippen LogP contribution in [-0.2, 0) is 11.0 Å². The van der Waals surface area contributed by atoms with Crippen LogP contribution in [0.4, 0.5) is 0 Å². The molecule has 0 aliphatic rings. The molecule has 0 aromatic carbocycles. The molecule has 0 fully saturated rings. The molecule has 1 rings (SSSR count). The lowest BCUT2D eigenvalue weighted by molar-refractivity contribution is 0.195. The highest BCUT2D eigenvalue weighted by Gasteiger charge is 2.39. The molecule has 2 nitrogen and oxygen atoms in total. The number of nitrogens with zero attached hydrogens (tertiary/aromatic N) is 2. The van der Waals surface area contributed by atoms with E-state index in [0.717, 1.165) is 0 Å². The third-order valence-corrected chi connectivity index (χ3v) is 3.80. The zero-order chi connectivity index (χ0) is 12.8. The van der Waals surface area contributed by atoms with Gasteiger partial charge in [-0.1, -0.05) is 34.6 Å². The SMILES string of the molecule is CC(C)(C)n1ccnc1C(C)(C)C(C)(C)C.